The second kappa shape index (κ2) is 8.87. The summed E-state index contributed by atoms with van der Waals surface area (Å²) in [6.45, 7) is 8.52. The number of nitrogens with zero attached hydrogens (tertiary/aromatic N) is 6. The van der Waals surface area contributed by atoms with Gasteiger partial charge in [0.15, 0.2) is 16.8 Å². The summed E-state index contributed by atoms with van der Waals surface area (Å²) in [6.07, 6.45) is 2.37. The molecule has 3 aromatic heterocycles. The third kappa shape index (κ3) is 4.38. The quantitative estimate of drug-likeness (QED) is 0.372. The highest BCUT2D eigenvalue weighted by Gasteiger charge is 2.29. The Bertz CT molecular complexity index is 1330. The number of aromatic nitrogens is 4. The van der Waals surface area contributed by atoms with E-state index in [1.165, 1.54) is 17.7 Å². The predicted molar refractivity (Wildman–Crippen MR) is 141 cm³/mol. The molecule has 0 bridgehead atoms. The summed E-state index contributed by atoms with van der Waals surface area (Å²) < 4.78 is 2.11. The molecular weight excluding hydrogens is 476 g/mol. The van der Waals surface area contributed by atoms with Crippen molar-refractivity contribution < 1.29 is 4.79 Å². The Morgan fingerprint density at radius 1 is 0.971 bits per heavy atom. The van der Waals surface area contributed by atoms with Crippen LogP contribution in [-0.2, 0) is 13.1 Å². The van der Waals surface area contributed by atoms with Gasteiger partial charge in [-0.15, -0.1) is 32.9 Å². The molecule has 0 spiro atoms. The molecule has 2 aliphatic heterocycles. The number of piperidine rings is 1. The van der Waals surface area contributed by atoms with E-state index < -0.39 is 0 Å². The summed E-state index contributed by atoms with van der Waals surface area (Å²) in [5.74, 6) is 1.64. The van der Waals surface area contributed by atoms with Gasteiger partial charge in [0.25, 0.3) is 5.91 Å². The van der Waals surface area contributed by atoms with Gasteiger partial charge < -0.3 is 14.4 Å². The van der Waals surface area contributed by atoms with Crippen LogP contribution in [0.5, 0.6) is 0 Å². The normalized spacial score (nSPS) is 17.4. The van der Waals surface area contributed by atoms with Crippen LogP contribution < -0.4 is 4.90 Å². The van der Waals surface area contributed by atoms with E-state index in [-0.39, 0.29) is 5.91 Å². The highest BCUT2D eigenvalue weighted by Crippen LogP contribution is 2.35. The molecule has 5 heterocycles. The number of thiophene rings is 1. The van der Waals surface area contributed by atoms with Crippen LogP contribution in [0.25, 0.3) is 22.0 Å². The fourth-order valence-corrected chi connectivity index (χ4v) is 6.33. The van der Waals surface area contributed by atoms with Crippen LogP contribution in [-0.4, -0.2) is 50.2 Å². The SMILES string of the molecule is CC1(C)CCN(c2nc(-c3nnc4n3CCN(C(=O)c3ccc(-c5cccs5)cc3)C4)cs2)CC1. The fraction of sp³-hybridized carbons (Fsp3) is 0.385. The first-order valence-corrected chi connectivity index (χ1v) is 13.8. The number of amides is 1. The van der Waals surface area contributed by atoms with E-state index >= 15 is 0 Å². The van der Waals surface area contributed by atoms with Crippen molar-refractivity contribution in [1.82, 2.24) is 24.6 Å². The van der Waals surface area contributed by atoms with E-state index in [4.69, 9.17) is 4.98 Å². The van der Waals surface area contributed by atoms with Gasteiger partial charge in [-0.2, -0.15) is 0 Å². The first-order valence-electron chi connectivity index (χ1n) is 12.0. The molecule has 0 N–H and O–H groups in total. The molecule has 1 saturated heterocycles. The number of rotatable bonds is 4. The number of anilines is 1. The standard InChI is InChI=1S/C26H28N6OS2/c1-26(2)9-11-30(12-10-26)25-27-20(17-35-25)23-29-28-22-16-31(13-14-32(22)23)24(33)19-7-5-18(6-8-19)21-4-3-15-34-21/h3-8,15,17H,9-14,16H2,1-2H3. The van der Waals surface area contributed by atoms with Gasteiger partial charge in [-0.3, -0.25) is 4.79 Å². The molecule has 9 heteroatoms. The third-order valence-corrected chi connectivity index (χ3v) is 8.91. The summed E-state index contributed by atoms with van der Waals surface area (Å²) in [6, 6.07) is 12.0. The number of hydrogen-bond acceptors (Lipinski definition) is 7. The van der Waals surface area contributed by atoms with Gasteiger partial charge in [0.1, 0.15) is 5.69 Å². The molecule has 0 radical (unpaired) electrons. The van der Waals surface area contributed by atoms with Crippen molar-refractivity contribution in [2.45, 2.75) is 39.8 Å². The zero-order valence-corrected chi connectivity index (χ0v) is 21.6. The van der Waals surface area contributed by atoms with Gasteiger partial charge in [-0.25, -0.2) is 4.98 Å². The Morgan fingerprint density at radius 2 is 1.77 bits per heavy atom. The molecular formula is C26H28N6OS2. The van der Waals surface area contributed by atoms with E-state index in [9.17, 15) is 4.79 Å². The monoisotopic (exact) mass is 504 g/mol. The number of hydrogen-bond donors (Lipinski definition) is 0. The zero-order valence-electron chi connectivity index (χ0n) is 20.0. The van der Waals surface area contributed by atoms with Crippen molar-refractivity contribution in [2.75, 3.05) is 24.5 Å². The van der Waals surface area contributed by atoms with E-state index in [0.717, 1.165) is 41.1 Å². The van der Waals surface area contributed by atoms with E-state index in [0.29, 0.717) is 30.6 Å². The Morgan fingerprint density at radius 3 is 2.51 bits per heavy atom. The van der Waals surface area contributed by atoms with Crippen LogP contribution in [0.15, 0.2) is 47.2 Å². The topological polar surface area (TPSA) is 67.2 Å². The minimum Gasteiger partial charge on any atom is -0.348 e. The lowest BCUT2D eigenvalue weighted by molar-refractivity contribution is 0.0708. The molecule has 6 rings (SSSR count). The third-order valence-electron chi connectivity index (χ3n) is 7.09. The van der Waals surface area contributed by atoms with E-state index in [1.807, 2.05) is 35.2 Å². The number of benzene rings is 1. The van der Waals surface area contributed by atoms with Gasteiger partial charge >= 0.3 is 0 Å². The van der Waals surface area contributed by atoms with Gasteiger partial charge in [-0.1, -0.05) is 32.0 Å². The van der Waals surface area contributed by atoms with Gasteiger partial charge in [0, 0.05) is 42.0 Å². The second-order valence-corrected chi connectivity index (χ2v) is 11.8. The summed E-state index contributed by atoms with van der Waals surface area (Å²) in [5, 5.41) is 14.1. The Hall–Kier alpha value is -3.04. The number of fused-ring (bicyclic) bond motifs is 1. The van der Waals surface area contributed by atoms with Gasteiger partial charge in [-0.05, 0) is 47.4 Å². The van der Waals surface area contributed by atoms with Gasteiger partial charge in [0.05, 0.1) is 6.54 Å². The molecule has 0 saturated carbocycles. The molecule has 2 aliphatic rings. The minimum absolute atomic E-state index is 0.0301. The summed E-state index contributed by atoms with van der Waals surface area (Å²) >= 11 is 3.38. The molecule has 7 nitrogen and oxygen atoms in total. The van der Waals surface area contributed by atoms with Crippen LogP contribution in [0.3, 0.4) is 0 Å². The van der Waals surface area contributed by atoms with Crippen molar-refractivity contribution in [2.24, 2.45) is 5.41 Å². The smallest absolute Gasteiger partial charge is 0.254 e. The Balaban J connectivity index is 1.15. The molecule has 35 heavy (non-hydrogen) atoms. The Labute approximate surface area is 213 Å². The maximum absolute atomic E-state index is 13.2. The molecule has 0 atom stereocenters. The number of thiazole rings is 1. The molecule has 4 aromatic rings. The second-order valence-electron chi connectivity index (χ2n) is 10.0. The van der Waals surface area contributed by atoms with Crippen LogP contribution in [0.2, 0.25) is 0 Å². The van der Waals surface area contributed by atoms with Crippen LogP contribution >= 0.6 is 22.7 Å². The van der Waals surface area contributed by atoms with E-state index in [2.05, 4.69) is 50.3 Å². The van der Waals surface area contributed by atoms with Crippen LogP contribution in [0.4, 0.5) is 5.13 Å². The maximum atomic E-state index is 13.2. The average Bonchev–Trinajstić information content (AvgIpc) is 3.64. The predicted octanol–water partition coefficient (Wildman–Crippen LogP) is 5.41. The first-order chi connectivity index (χ1) is 17.0. The lowest BCUT2D eigenvalue weighted by atomic mass is 9.83. The molecule has 0 unspecified atom stereocenters. The number of carbonyl (C=O) groups excluding carboxylic acids is 1. The highest BCUT2D eigenvalue weighted by molar-refractivity contribution is 7.14. The molecule has 1 fully saturated rings. The fourth-order valence-electron chi connectivity index (χ4n) is 4.74. The van der Waals surface area contributed by atoms with E-state index in [1.54, 1.807) is 22.7 Å². The van der Waals surface area contributed by atoms with Crippen molar-refractivity contribution in [3.05, 3.63) is 58.5 Å². The lowest BCUT2D eigenvalue weighted by Crippen LogP contribution is -2.38. The minimum atomic E-state index is 0.0301. The maximum Gasteiger partial charge on any atom is 0.254 e. The lowest BCUT2D eigenvalue weighted by Gasteiger charge is -2.36. The molecule has 1 aromatic carbocycles. The highest BCUT2D eigenvalue weighted by atomic mass is 32.1. The summed E-state index contributed by atoms with van der Waals surface area (Å²) in [5.41, 5.74) is 3.12. The van der Waals surface area contributed by atoms with Crippen molar-refractivity contribution in [3.8, 4) is 22.0 Å². The zero-order chi connectivity index (χ0) is 24.0. The van der Waals surface area contributed by atoms with Crippen molar-refractivity contribution in [3.63, 3.8) is 0 Å². The molecule has 1 amide bonds. The molecule has 180 valence electrons. The van der Waals surface area contributed by atoms with Crippen molar-refractivity contribution in [1.29, 1.82) is 0 Å². The van der Waals surface area contributed by atoms with Crippen LogP contribution in [0.1, 0.15) is 42.9 Å². The van der Waals surface area contributed by atoms with Crippen molar-refractivity contribution >= 4 is 33.7 Å². The average molecular weight is 505 g/mol. The molecule has 0 aliphatic carbocycles. The number of carbonyl (C=O) groups is 1. The first kappa shape index (κ1) is 22.4. The summed E-state index contributed by atoms with van der Waals surface area (Å²) in [7, 11) is 0. The summed E-state index contributed by atoms with van der Waals surface area (Å²) in [4.78, 5) is 23.5. The largest absolute Gasteiger partial charge is 0.348 e. The van der Waals surface area contributed by atoms with Gasteiger partial charge in [0.2, 0.25) is 0 Å². The van der Waals surface area contributed by atoms with Crippen LogP contribution in [0, 0.1) is 5.41 Å². The Kier molecular flexibility index (Phi) is 5.69.